The molecule has 104 valence electrons. The average Bonchev–Trinajstić information content (AvgIpc) is 2.88. The van der Waals surface area contributed by atoms with E-state index in [1.807, 2.05) is 11.7 Å². The van der Waals surface area contributed by atoms with Gasteiger partial charge in [-0.3, -0.25) is 4.68 Å². The summed E-state index contributed by atoms with van der Waals surface area (Å²) in [6.07, 6.45) is 0.985. The fraction of sp³-hybridized carbons (Fsp3) is 0.500. The van der Waals surface area contributed by atoms with Crippen LogP contribution in [0, 0.1) is 13.8 Å². The summed E-state index contributed by atoms with van der Waals surface area (Å²) >= 11 is 5.44. The summed E-state index contributed by atoms with van der Waals surface area (Å²) in [5.41, 5.74) is 3.75. The van der Waals surface area contributed by atoms with Crippen molar-refractivity contribution in [2.24, 2.45) is 7.05 Å². The number of hydrogen-bond acceptors (Lipinski definition) is 3. The highest BCUT2D eigenvalue weighted by Crippen LogP contribution is 2.32. The van der Waals surface area contributed by atoms with Gasteiger partial charge in [0.05, 0.1) is 5.69 Å². The molecule has 0 radical (unpaired) electrons. The van der Waals surface area contributed by atoms with Gasteiger partial charge in [-0.05, 0) is 59.8 Å². The Morgan fingerprint density at radius 1 is 1.47 bits per heavy atom. The molecule has 1 atom stereocenters. The average molecular weight is 342 g/mol. The molecule has 0 saturated heterocycles. The van der Waals surface area contributed by atoms with Crippen LogP contribution in [0.5, 0.6) is 0 Å². The van der Waals surface area contributed by atoms with Crippen LogP contribution in [0.15, 0.2) is 15.9 Å². The van der Waals surface area contributed by atoms with Crippen LogP contribution in [0.4, 0.5) is 0 Å². The summed E-state index contributed by atoms with van der Waals surface area (Å²) in [5, 5.41) is 10.2. The molecule has 1 N–H and O–H groups in total. The predicted molar refractivity (Wildman–Crippen MR) is 84.8 cm³/mol. The van der Waals surface area contributed by atoms with Gasteiger partial charge in [-0.2, -0.15) is 5.10 Å². The lowest BCUT2D eigenvalue weighted by Crippen LogP contribution is -2.22. The van der Waals surface area contributed by atoms with Crippen molar-refractivity contribution in [3.05, 3.63) is 37.7 Å². The molecule has 1 unspecified atom stereocenters. The van der Waals surface area contributed by atoms with Crippen molar-refractivity contribution in [1.82, 2.24) is 15.1 Å². The third-order valence-electron chi connectivity index (χ3n) is 3.48. The maximum absolute atomic E-state index is 4.51. The van der Waals surface area contributed by atoms with E-state index in [4.69, 9.17) is 0 Å². The molecule has 5 heteroatoms. The molecule has 0 aromatic carbocycles. The fourth-order valence-electron chi connectivity index (χ4n) is 2.38. The second kappa shape index (κ2) is 6.20. The fourth-order valence-corrected chi connectivity index (χ4v) is 4.10. The number of aryl methyl sites for hydroxylation is 2. The molecule has 0 fully saturated rings. The lowest BCUT2D eigenvalue weighted by molar-refractivity contribution is 0.554. The molecule has 2 heterocycles. The van der Waals surface area contributed by atoms with Crippen LogP contribution in [-0.4, -0.2) is 16.3 Å². The third kappa shape index (κ3) is 3.09. The van der Waals surface area contributed by atoms with E-state index in [0.717, 1.165) is 18.7 Å². The lowest BCUT2D eigenvalue weighted by Gasteiger charge is -2.17. The monoisotopic (exact) mass is 341 g/mol. The Labute approximate surface area is 127 Å². The number of halogens is 1. The van der Waals surface area contributed by atoms with Gasteiger partial charge in [-0.15, -0.1) is 11.3 Å². The van der Waals surface area contributed by atoms with Gasteiger partial charge < -0.3 is 5.32 Å². The van der Waals surface area contributed by atoms with Crippen LogP contribution in [0.1, 0.15) is 34.8 Å². The number of nitrogens with one attached hydrogen (secondary N) is 1. The Balaban J connectivity index is 2.29. The molecule has 0 saturated carbocycles. The van der Waals surface area contributed by atoms with Gasteiger partial charge in [-0.25, -0.2) is 0 Å². The minimum atomic E-state index is 0.348. The maximum atomic E-state index is 4.51. The maximum Gasteiger partial charge on any atom is 0.0629 e. The normalized spacial score (nSPS) is 12.9. The molecule has 0 aliphatic rings. The Hall–Kier alpha value is -0.650. The van der Waals surface area contributed by atoms with E-state index in [9.17, 15) is 0 Å². The van der Waals surface area contributed by atoms with E-state index in [0.29, 0.717) is 6.04 Å². The molecule has 3 nitrogen and oxygen atoms in total. The molecule has 0 amide bonds. The van der Waals surface area contributed by atoms with Gasteiger partial charge in [0.25, 0.3) is 0 Å². The van der Waals surface area contributed by atoms with Gasteiger partial charge in [0, 0.05) is 28.1 Å². The Bertz CT molecular complexity index is 559. The molecule has 2 aromatic heterocycles. The zero-order chi connectivity index (χ0) is 14.0. The van der Waals surface area contributed by atoms with Gasteiger partial charge in [-0.1, -0.05) is 6.92 Å². The van der Waals surface area contributed by atoms with Crippen molar-refractivity contribution in [1.29, 1.82) is 0 Å². The van der Waals surface area contributed by atoms with Gasteiger partial charge in [0.1, 0.15) is 0 Å². The molecular weight excluding hydrogens is 322 g/mol. The molecule has 2 rings (SSSR count). The van der Waals surface area contributed by atoms with Crippen molar-refractivity contribution in [2.45, 2.75) is 33.2 Å². The number of rotatable bonds is 5. The predicted octanol–water partition coefficient (Wildman–Crippen LogP) is 3.75. The van der Waals surface area contributed by atoms with Crippen LogP contribution >= 0.6 is 27.3 Å². The summed E-state index contributed by atoms with van der Waals surface area (Å²) in [6, 6.07) is 2.47. The first kappa shape index (κ1) is 14.8. The van der Waals surface area contributed by atoms with Crippen LogP contribution in [0.3, 0.4) is 0 Å². The SMILES string of the molecule is CCNC(Cc1c(C)nn(C)c1C)c1sccc1Br. The minimum Gasteiger partial charge on any atom is -0.309 e. The van der Waals surface area contributed by atoms with Crippen LogP contribution in [-0.2, 0) is 13.5 Å². The van der Waals surface area contributed by atoms with Crippen molar-refractivity contribution < 1.29 is 0 Å². The molecule has 2 aromatic rings. The van der Waals surface area contributed by atoms with E-state index in [1.165, 1.54) is 20.6 Å². The molecule has 0 aliphatic heterocycles. The number of hydrogen-bond donors (Lipinski definition) is 1. The zero-order valence-corrected chi connectivity index (χ0v) is 14.2. The van der Waals surface area contributed by atoms with E-state index in [2.05, 4.69) is 58.6 Å². The van der Waals surface area contributed by atoms with Crippen LogP contribution < -0.4 is 5.32 Å². The first-order valence-electron chi connectivity index (χ1n) is 6.50. The van der Waals surface area contributed by atoms with E-state index in [-0.39, 0.29) is 0 Å². The Kier molecular flexibility index (Phi) is 4.81. The summed E-state index contributed by atoms with van der Waals surface area (Å²) in [5.74, 6) is 0. The Morgan fingerprint density at radius 2 is 2.21 bits per heavy atom. The summed E-state index contributed by atoms with van der Waals surface area (Å²) in [4.78, 5) is 1.37. The van der Waals surface area contributed by atoms with E-state index >= 15 is 0 Å². The highest BCUT2D eigenvalue weighted by Gasteiger charge is 2.19. The van der Waals surface area contributed by atoms with Crippen molar-refractivity contribution in [2.75, 3.05) is 6.54 Å². The molecule has 19 heavy (non-hydrogen) atoms. The van der Waals surface area contributed by atoms with Crippen LogP contribution in [0.2, 0.25) is 0 Å². The number of thiophene rings is 1. The van der Waals surface area contributed by atoms with Gasteiger partial charge in [0.2, 0.25) is 0 Å². The van der Waals surface area contributed by atoms with E-state index < -0.39 is 0 Å². The second-order valence-electron chi connectivity index (χ2n) is 4.72. The summed E-state index contributed by atoms with van der Waals surface area (Å²) in [7, 11) is 2.01. The van der Waals surface area contributed by atoms with Crippen LogP contribution in [0.25, 0.3) is 0 Å². The van der Waals surface area contributed by atoms with Crippen molar-refractivity contribution in [3.63, 3.8) is 0 Å². The van der Waals surface area contributed by atoms with E-state index in [1.54, 1.807) is 11.3 Å². The number of aromatic nitrogens is 2. The molecular formula is C14H20BrN3S. The second-order valence-corrected chi connectivity index (χ2v) is 6.52. The molecule has 0 bridgehead atoms. The zero-order valence-electron chi connectivity index (χ0n) is 11.8. The lowest BCUT2D eigenvalue weighted by atomic mass is 10.0. The third-order valence-corrected chi connectivity index (χ3v) is 5.46. The summed E-state index contributed by atoms with van der Waals surface area (Å²) in [6.45, 7) is 7.35. The topological polar surface area (TPSA) is 29.9 Å². The molecule has 0 spiro atoms. The first-order chi connectivity index (χ1) is 9.04. The van der Waals surface area contributed by atoms with Crippen molar-refractivity contribution >= 4 is 27.3 Å². The van der Waals surface area contributed by atoms with Gasteiger partial charge >= 0.3 is 0 Å². The highest BCUT2D eigenvalue weighted by atomic mass is 79.9. The van der Waals surface area contributed by atoms with Gasteiger partial charge in [0.15, 0.2) is 0 Å². The smallest absolute Gasteiger partial charge is 0.0629 e. The quantitative estimate of drug-likeness (QED) is 0.897. The number of nitrogens with zero attached hydrogens (tertiary/aromatic N) is 2. The standard InChI is InChI=1S/C14H20BrN3S/c1-5-16-13(14-12(15)6-7-19-14)8-11-9(2)17-18(4)10(11)3/h6-7,13,16H,5,8H2,1-4H3. The Morgan fingerprint density at radius 3 is 2.68 bits per heavy atom. The molecule has 0 aliphatic carbocycles. The van der Waals surface area contributed by atoms with Crippen molar-refractivity contribution in [3.8, 4) is 0 Å². The summed E-state index contributed by atoms with van der Waals surface area (Å²) < 4.78 is 3.17. The number of likely N-dealkylation sites (N-methyl/N-ethyl adjacent to an activating group) is 1. The first-order valence-corrected chi connectivity index (χ1v) is 8.17. The minimum absolute atomic E-state index is 0.348. The largest absolute Gasteiger partial charge is 0.309 e. The highest BCUT2D eigenvalue weighted by molar-refractivity contribution is 9.10.